The molecule has 37 heavy (non-hydrogen) atoms. The Bertz CT molecular complexity index is 1170. The summed E-state index contributed by atoms with van der Waals surface area (Å²) in [6.07, 6.45) is 4.31. The highest BCUT2D eigenvalue weighted by molar-refractivity contribution is 7.16. The van der Waals surface area contributed by atoms with Gasteiger partial charge in [-0.2, -0.15) is 0 Å². The topological polar surface area (TPSA) is 42.4 Å². The minimum atomic E-state index is 0.241. The number of thiophene rings is 1. The number of anilines is 1. The molecule has 1 aromatic heterocycles. The Hall–Kier alpha value is -2.84. The van der Waals surface area contributed by atoms with Crippen LogP contribution in [0.4, 0.5) is 5.69 Å². The van der Waals surface area contributed by atoms with Gasteiger partial charge in [0.15, 0.2) is 11.5 Å². The van der Waals surface area contributed by atoms with E-state index in [9.17, 15) is 5.11 Å². The van der Waals surface area contributed by atoms with Crippen molar-refractivity contribution in [1.82, 2.24) is 14.7 Å². The van der Waals surface area contributed by atoms with Crippen LogP contribution in [0.15, 0.2) is 48.5 Å². The Kier molecular flexibility index (Phi) is 9.27. The third-order valence-corrected chi connectivity index (χ3v) is 8.09. The van der Waals surface area contributed by atoms with Crippen LogP contribution in [0, 0.1) is 0 Å². The van der Waals surface area contributed by atoms with E-state index in [0.717, 1.165) is 55.3 Å². The molecule has 0 radical (unpaired) electrons. The molecule has 2 aromatic carbocycles. The summed E-state index contributed by atoms with van der Waals surface area (Å²) in [5, 5.41) is 11.0. The smallest absolute Gasteiger partial charge is 0.162 e. The van der Waals surface area contributed by atoms with Crippen LogP contribution in [-0.2, 0) is 6.54 Å². The number of hydrogen-bond donors (Lipinski definition) is 1. The molecule has 0 unspecified atom stereocenters. The summed E-state index contributed by atoms with van der Waals surface area (Å²) < 4.78 is 5.58. The minimum Gasteiger partial charge on any atom is -0.504 e. The van der Waals surface area contributed by atoms with Crippen LogP contribution < -0.4 is 9.64 Å². The van der Waals surface area contributed by atoms with Gasteiger partial charge in [-0.25, -0.2) is 0 Å². The molecule has 3 aromatic rings. The number of benzene rings is 2. The van der Waals surface area contributed by atoms with E-state index in [4.69, 9.17) is 4.74 Å². The van der Waals surface area contributed by atoms with E-state index in [1.54, 1.807) is 18.4 Å². The van der Waals surface area contributed by atoms with Crippen LogP contribution in [0.25, 0.3) is 22.6 Å². The number of likely N-dealkylation sites (N-methyl/N-ethyl adjacent to an activating group) is 2. The Balaban J connectivity index is 1.53. The van der Waals surface area contributed by atoms with Crippen LogP contribution in [0.1, 0.15) is 16.0 Å². The molecule has 0 bridgehead atoms. The Labute approximate surface area is 226 Å². The lowest BCUT2D eigenvalue weighted by Crippen LogP contribution is -2.34. The summed E-state index contributed by atoms with van der Waals surface area (Å²) in [5.41, 5.74) is 4.35. The molecule has 1 N–H and O–H groups in total. The first kappa shape index (κ1) is 27.2. The first-order valence-corrected chi connectivity index (χ1v) is 13.7. The molecule has 1 fully saturated rings. The molecule has 0 aliphatic carbocycles. The largest absolute Gasteiger partial charge is 0.504 e. The van der Waals surface area contributed by atoms with Crippen molar-refractivity contribution in [2.24, 2.45) is 0 Å². The van der Waals surface area contributed by atoms with Crippen LogP contribution in [0.5, 0.6) is 11.5 Å². The molecule has 4 rings (SSSR count). The Morgan fingerprint density at radius 2 is 1.54 bits per heavy atom. The first-order chi connectivity index (χ1) is 17.8. The molecule has 198 valence electrons. The summed E-state index contributed by atoms with van der Waals surface area (Å²) in [6, 6.07) is 16.9. The fourth-order valence-corrected chi connectivity index (χ4v) is 5.34. The zero-order chi connectivity index (χ0) is 26.4. The monoisotopic (exact) mass is 520 g/mol. The van der Waals surface area contributed by atoms with Gasteiger partial charge in [0.1, 0.15) is 0 Å². The van der Waals surface area contributed by atoms with E-state index in [1.165, 1.54) is 16.1 Å². The highest BCUT2D eigenvalue weighted by atomic mass is 32.1. The molecule has 0 amide bonds. The predicted octanol–water partition coefficient (Wildman–Crippen LogP) is 5.04. The molecule has 1 aliphatic heterocycles. The van der Waals surface area contributed by atoms with Crippen LogP contribution >= 0.6 is 11.3 Å². The van der Waals surface area contributed by atoms with E-state index in [-0.39, 0.29) is 5.75 Å². The summed E-state index contributed by atoms with van der Waals surface area (Å²) in [7, 11) is 10.1. The van der Waals surface area contributed by atoms with Gasteiger partial charge >= 0.3 is 0 Å². The van der Waals surface area contributed by atoms with Crippen molar-refractivity contribution in [3.05, 3.63) is 64.5 Å². The van der Waals surface area contributed by atoms with Crippen molar-refractivity contribution in [1.29, 1.82) is 0 Å². The van der Waals surface area contributed by atoms with Crippen molar-refractivity contribution in [2.45, 2.75) is 6.54 Å². The molecular weight excluding hydrogens is 480 g/mol. The van der Waals surface area contributed by atoms with E-state index in [1.807, 2.05) is 6.07 Å². The van der Waals surface area contributed by atoms with Crippen LogP contribution in [0.2, 0.25) is 0 Å². The molecular formula is C30H40N4O2S. The highest BCUT2D eigenvalue weighted by Crippen LogP contribution is 2.38. The van der Waals surface area contributed by atoms with Gasteiger partial charge in [-0.1, -0.05) is 18.2 Å². The van der Waals surface area contributed by atoms with E-state index in [0.29, 0.717) is 12.3 Å². The third-order valence-electron chi connectivity index (χ3n) is 6.99. The lowest BCUT2D eigenvalue weighted by molar-refractivity contribution is 0.225. The van der Waals surface area contributed by atoms with Crippen molar-refractivity contribution < 1.29 is 9.84 Å². The number of methoxy groups -OCH3 is 1. The zero-order valence-electron chi connectivity index (χ0n) is 22.8. The molecule has 0 spiro atoms. The summed E-state index contributed by atoms with van der Waals surface area (Å²) in [5.74, 6) is 0.767. The second kappa shape index (κ2) is 12.6. The average molecular weight is 521 g/mol. The number of phenolic OH excluding ortho intramolecular Hbond substituents is 1. The van der Waals surface area contributed by atoms with Gasteiger partial charge in [0, 0.05) is 80.9 Å². The number of rotatable bonds is 7. The van der Waals surface area contributed by atoms with Crippen molar-refractivity contribution in [3.63, 3.8) is 0 Å². The third kappa shape index (κ3) is 7.36. The summed E-state index contributed by atoms with van der Waals surface area (Å²) in [6.45, 7) is 6.83. The summed E-state index contributed by atoms with van der Waals surface area (Å²) >= 11 is 1.74. The van der Waals surface area contributed by atoms with Crippen molar-refractivity contribution in [3.8, 4) is 21.9 Å². The number of hydrogen-bond acceptors (Lipinski definition) is 7. The van der Waals surface area contributed by atoms with Gasteiger partial charge < -0.3 is 24.5 Å². The van der Waals surface area contributed by atoms with E-state index >= 15 is 0 Å². The molecule has 7 heteroatoms. The maximum Gasteiger partial charge on any atom is 0.162 e. The maximum atomic E-state index is 11.0. The Morgan fingerprint density at radius 1 is 0.892 bits per heavy atom. The number of ether oxygens (including phenoxy) is 1. The van der Waals surface area contributed by atoms with Gasteiger partial charge in [0.25, 0.3) is 0 Å². The quantitative estimate of drug-likeness (QED) is 0.471. The second-order valence-corrected chi connectivity index (χ2v) is 11.2. The first-order valence-electron chi connectivity index (χ1n) is 12.9. The molecule has 1 aliphatic rings. The fourth-order valence-electron chi connectivity index (χ4n) is 4.44. The number of phenols is 1. The average Bonchev–Trinajstić information content (AvgIpc) is 3.39. The van der Waals surface area contributed by atoms with E-state index < -0.39 is 0 Å². The minimum absolute atomic E-state index is 0.241. The highest BCUT2D eigenvalue weighted by Gasteiger charge is 2.18. The van der Waals surface area contributed by atoms with Gasteiger partial charge in [0.05, 0.1) is 7.11 Å². The van der Waals surface area contributed by atoms with E-state index in [2.05, 4.69) is 102 Å². The lowest BCUT2D eigenvalue weighted by Gasteiger charge is -2.25. The molecule has 2 heterocycles. The lowest BCUT2D eigenvalue weighted by atomic mass is 10.1. The summed E-state index contributed by atoms with van der Waals surface area (Å²) in [4.78, 5) is 11.6. The van der Waals surface area contributed by atoms with Crippen LogP contribution in [-0.4, -0.2) is 94.4 Å². The molecule has 6 nitrogen and oxygen atoms in total. The number of nitrogens with zero attached hydrogens (tertiary/aromatic N) is 4. The predicted molar refractivity (Wildman–Crippen MR) is 158 cm³/mol. The molecule has 0 atom stereocenters. The second-order valence-electron chi connectivity index (χ2n) is 10.1. The van der Waals surface area contributed by atoms with Gasteiger partial charge in [0.2, 0.25) is 0 Å². The normalized spacial score (nSPS) is 16.5. The zero-order valence-corrected chi connectivity index (χ0v) is 23.6. The fraction of sp³-hybridized carbons (Fsp3) is 0.400. The maximum absolute atomic E-state index is 11.0. The SMILES string of the molecule is COc1cc(-c2ccc(/C=C/c3ccc(N(C)C)cc3)s2)cc(CN2CCN(C)CCN(C)CC2)c1O. The molecule has 0 saturated carbocycles. The Morgan fingerprint density at radius 3 is 2.16 bits per heavy atom. The number of aromatic hydroxyl groups is 1. The van der Waals surface area contributed by atoms with Gasteiger partial charge in [-0.05, 0) is 67.7 Å². The van der Waals surface area contributed by atoms with Gasteiger partial charge in [-0.15, -0.1) is 11.3 Å². The standard InChI is InChI=1S/C30H40N4O2S/c1-31(2)26-9-6-23(7-10-26)8-11-27-12-13-29(37-27)24-20-25(30(35)28(21-24)36-5)22-34-18-16-32(3)14-15-33(4)17-19-34/h6-13,20-21,35H,14-19,22H2,1-5H3/b11-8+. The molecule has 1 saturated heterocycles. The van der Waals surface area contributed by atoms with Gasteiger partial charge in [-0.3, -0.25) is 4.90 Å². The van der Waals surface area contributed by atoms with Crippen molar-refractivity contribution >= 4 is 29.2 Å². The van der Waals surface area contributed by atoms with Crippen LogP contribution in [0.3, 0.4) is 0 Å². The van der Waals surface area contributed by atoms with Crippen molar-refractivity contribution in [2.75, 3.05) is 79.5 Å².